The number of hydrogen-bond acceptors (Lipinski definition) is 4. The number of aromatic nitrogens is 4. The van der Waals surface area contributed by atoms with Gasteiger partial charge in [-0.15, -0.1) is 5.54 Å². The first-order chi connectivity index (χ1) is 23.2. The number of nitrogens with two attached hydrogens (primary N) is 1. The fourth-order valence-electron chi connectivity index (χ4n) is 6.08. The van der Waals surface area contributed by atoms with E-state index in [1.54, 1.807) is 53.2 Å². The van der Waals surface area contributed by atoms with Crippen molar-refractivity contribution in [3.63, 3.8) is 0 Å². The van der Waals surface area contributed by atoms with Gasteiger partial charge in [0.2, 0.25) is 0 Å². The standard InChI is InChI=1S/C38H30ClF2N5O2Si/c1-21-43-36-31(44(21)2)19-22(13-16-49(3,4)5)33(34(36)39)24-9-8-15-45-29(24)11-12-30(45)37(47)38(48)32-20-25(28-10-6-7-14-46(28)32)23-17-26(40)35(42)27(41)18-23/h6-12,14-15,17-20H,42H2,1-5H3. The largest absolute Gasteiger partial charge is 0.394 e. The van der Waals surface area contributed by atoms with E-state index in [1.807, 2.05) is 30.7 Å². The summed E-state index contributed by atoms with van der Waals surface area (Å²) in [4.78, 5) is 32.7. The van der Waals surface area contributed by atoms with Gasteiger partial charge in [0.25, 0.3) is 11.6 Å². The molecule has 7 nitrogen and oxygen atoms in total. The van der Waals surface area contributed by atoms with E-state index in [-0.39, 0.29) is 17.0 Å². The molecule has 0 saturated carbocycles. The van der Waals surface area contributed by atoms with Crippen LogP contribution in [0.2, 0.25) is 24.7 Å². The van der Waals surface area contributed by atoms with Crippen molar-refractivity contribution in [3.8, 4) is 33.7 Å². The molecule has 0 saturated heterocycles. The lowest BCUT2D eigenvalue weighted by atomic mass is 9.98. The molecule has 0 aliphatic rings. The van der Waals surface area contributed by atoms with Gasteiger partial charge in [0.05, 0.1) is 33.0 Å². The van der Waals surface area contributed by atoms with Gasteiger partial charge in [0.15, 0.2) is 0 Å². The minimum atomic E-state index is -1.77. The Morgan fingerprint density at radius 1 is 0.837 bits per heavy atom. The third kappa shape index (κ3) is 5.32. The second-order valence-corrected chi connectivity index (χ2v) is 18.1. The van der Waals surface area contributed by atoms with Crippen LogP contribution in [-0.4, -0.2) is 38.0 Å². The maximum atomic E-state index is 14.4. The van der Waals surface area contributed by atoms with E-state index in [2.05, 4.69) is 31.1 Å². The molecule has 0 fully saturated rings. The molecule has 2 aromatic carbocycles. The number of pyridine rings is 2. The number of nitrogens with zero attached hydrogens (tertiary/aromatic N) is 4. The van der Waals surface area contributed by atoms with Crippen LogP contribution in [0.25, 0.3) is 44.3 Å². The third-order valence-electron chi connectivity index (χ3n) is 8.61. The number of Topliss-reactive ketones (excluding diaryl/α,β-unsaturated/α-hetero) is 2. The molecule has 0 radical (unpaired) electrons. The molecule has 0 atom stereocenters. The summed E-state index contributed by atoms with van der Waals surface area (Å²) < 4.78 is 34.0. The predicted molar refractivity (Wildman–Crippen MR) is 193 cm³/mol. The molecule has 0 unspecified atom stereocenters. The first-order valence-corrected chi connectivity index (χ1v) is 19.4. The number of hydrogen-bond donors (Lipinski definition) is 1. The average Bonchev–Trinajstić information content (AvgIpc) is 3.75. The summed E-state index contributed by atoms with van der Waals surface area (Å²) in [5.41, 5.74) is 13.9. The zero-order chi connectivity index (χ0) is 34.9. The highest BCUT2D eigenvalue weighted by atomic mass is 35.5. The zero-order valence-corrected chi connectivity index (χ0v) is 29.1. The van der Waals surface area contributed by atoms with Gasteiger partial charge >= 0.3 is 0 Å². The molecular formula is C38H30ClF2N5O2Si. The molecule has 5 heterocycles. The maximum absolute atomic E-state index is 14.4. The van der Waals surface area contributed by atoms with E-state index in [1.165, 1.54) is 10.5 Å². The van der Waals surface area contributed by atoms with Gasteiger partial charge in [-0.05, 0) is 67.1 Å². The summed E-state index contributed by atoms with van der Waals surface area (Å²) in [5.74, 6) is 0.808. The SMILES string of the molecule is Cc1nc2c(Cl)c(-c3cccn4c(C(=O)C(=O)c5cc(-c6cc(F)c(N)c(F)c6)c6ccccn56)ccc34)c(C#C[Si](C)(C)C)cc2n1C. The topological polar surface area (TPSA) is 86.8 Å². The quantitative estimate of drug-likeness (QED) is 0.0645. The lowest BCUT2D eigenvalue weighted by molar-refractivity contribution is 0.0810. The van der Waals surface area contributed by atoms with Crippen molar-refractivity contribution < 1.29 is 18.4 Å². The van der Waals surface area contributed by atoms with Crippen molar-refractivity contribution in [2.45, 2.75) is 26.6 Å². The normalized spacial score (nSPS) is 11.8. The van der Waals surface area contributed by atoms with Crippen molar-refractivity contribution in [3.05, 3.63) is 119 Å². The van der Waals surface area contributed by atoms with Gasteiger partial charge < -0.3 is 19.1 Å². The molecule has 5 aromatic heterocycles. The Kier molecular flexibility index (Phi) is 7.58. The minimum absolute atomic E-state index is 0.0438. The Labute approximate surface area is 286 Å². The van der Waals surface area contributed by atoms with Crippen molar-refractivity contribution in [2.24, 2.45) is 7.05 Å². The monoisotopic (exact) mass is 689 g/mol. The molecule has 0 amide bonds. The zero-order valence-electron chi connectivity index (χ0n) is 27.3. The van der Waals surface area contributed by atoms with Crippen LogP contribution < -0.4 is 5.73 Å². The molecule has 0 bridgehead atoms. The van der Waals surface area contributed by atoms with E-state index >= 15 is 0 Å². The van der Waals surface area contributed by atoms with Gasteiger partial charge in [-0.1, -0.05) is 49.3 Å². The molecule has 244 valence electrons. The van der Waals surface area contributed by atoms with E-state index in [9.17, 15) is 18.4 Å². The molecule has 7 aromatic rings. The molecule has 0 aliphatic carbocycles. The molecule has 2 N–H and O–H groups in total. The number of imidazole rings is 1. The molecule has 0 aliphatic heterocycles. The van der Waals surface area contributed by atoms with Crippen LogP contribution in [0.3, 0.4) is 0 Å². The fraction of sp³-hybridized carbons (Fsp3) is 0.132. The Morgan fingerprint density at radius 2 is 1.49 bits per heavy atom. The van der Waals surface area contributed by atoms with Crippen LogP contribution in [0.1, 0.15) is 32.4 Å². The molecule has 11 heteroatoms. The number of carbonyl (C=O) groups is 2. The van der Waals surface area contributed by atoms with Gasteiger partial charge in [0.1, 0.15) is 36.7 Å². The summed E-state index contributed by atoms with van der Waals surface area (Å²) in [6.45, 7) is 8.41. The lowest BCUT2D eigenvalue weighted by Crippen LogP contribution is -2.18. The number of aryl methyl sites for hydroxylation is 2. The smallest absolute Gasteiger partial charge is 0.251 e. The molecule has 7 rings (SSSR count). The van der Waals surface area contributed by atoms with E-state index in [0.717, 1.165) is 34.6 Å². The van der Waals surface area contributed by atoms with Gasteiger partial charge in [-0.3, -0.25) is 9.59 Å². The van der Waals surface area contributed by atoms with Crippen LogP contribution in [0.4, 0.5) is 14.5 Å². The number of nitrogen functional groups attached to an aromatic ring is 1. The van der Waals surface area contributed by atoms with E-state index in [4.69, 9.17) is 22.3 Å². The van der Waals surface area contributed by atoms with E-state index < -0.39 is 37.0 Å². The Balaban J connectivity index is 1.36. The second kappa shape index (κ2) is 11.6. The summed E-state index contributed by atoms with van der Waals surface area (Å²) in [6.07, 6.45) is 3.34. The number of rotatable bonds is 5. The summed E-state index contributed by atoms with van der Waals surface area (Å²) in [5, 5.41) is 0.446. The van der Waals surface area contributed by atoms with Crippen LogP contribution in [0.5, 0.6) is 0 Å². The average molecular weight is 690 g/mol. The van der Waals surface area contributed by atoms with Crippen LogP contribution in [0, 0.1) is 30.0 Å². The Bertz CT molecular complexity index is 2590. The summed E-state index contributed by atoms with van der Waals surface area (Å²) in [7, 11) is 0.160. The first kappa shape index (κ1) is 32.1. The number of fused-ring (bicyclic) bond motifs is 3. The number of benzene rings is 2. The Hall–Kier alpha value is -5.50. The van der Waals surface area contributed by atoms with Crippen LogP contribution in [0.15, 0.2) is 79.1 Å². The number of ketones is 2. The summed E-state index contributed by atoms with van der Waals surface area (Å²) in [6, 6.07) is 17.9. The predicted octanol–water partition coefficient (Wildman–Crippen LogP) is 8.53. The van der Waals surface area contributed by atoms with Gasteiger partial charge in [-0.2, -0.15) is 0 Å². The number of anilines is 1. The van der Waals surface area contributed by atoms with Crippen LogP contribution >= 0.6 is 11.6 Å². The second-order valence-electron chi connectivity index (χ2n) is 13.0. The molecule has 49 heavy (non-hydrogen) atoms. The lowest BCUT2D eigenvalue weighted by Gasteiger charge is -2.13. The first-order valence-electron chi connectivity index (χ1n) is 15.5. The fourth-order valence-corrected chi connectivity index (χ4v) is 6.94. The number of halogens is 3. The van der Waals surface area contributed by atoms with Crippen molar-refractivity contribution >= 4 is 59.0 Å². The minimum Gasteiger partial charge on any atom is -0.394 e. The third-order valence-corrected chi connectivity index (χ3v) is 9.86. The van der Waals surface area contributed by atoms with Crippen molar-refractivity contribution in [1.82, 2.24) is 18.4 Å². The highest BCUT2D eigenvalue weighted by Crippen LogP contribution is 2.40. The van der Waals surface area contributed by atoms with E-state index in [0.29, 0.717) is 32.7 Å². The number of carbonyl (C=O) groups excluding carboxylic acids is 2. The Morgan fingerprint density at radius 3 is 2.20 bits per heavy atom. The highest BCUT2D eigenvalue weighted by molar-refractivity contribution is 6.83. The van der Waals surface area contributed by atoms with Gasteiger partial charge in [0, 0.05) is 41.7 Å². The molecular weight excluding hydrogens is 660 g/mol. The van der Waals surface area contributed by atoms with Crippen molar-refractivity contribution in [1.29, 1.82) is 0 Å². The van der Waals surface area contributed by atoms with Crippen LogP contribution in [-0.2, 0) is 7.05 Å². The molecule has 0 spiro atoms. The van der Waals surface area contributed by atoms with Gasteiger partial charge in [-0.25, -0.2) is 13.8 Å². The maximum Gasteiger partial charge on any atom is 0.251 e. The van der Waals surface area contributed by atoms with Crippen molar-refractivity contribution in [2.75, 3.05) is 5.73 Å². The highest BCUT2D eigenvalue weighted by Gasteiger charge is 2.27. The summed E-state index contributed by atoms with van der Waals surface area (Å²) >= 11 is 7.13.